The monoisotopic (exact) mass is 290 g/mol. The Hall–Kier alpha value is -0.780. The van der Waals surface area contributed by atoms with Gasteiger partial charge in [0.2, 0.25) is 5.91 Å². The van der Waals surface area contributed by atoms with Crippen LogP contribution in [-0.4, -0.2) is 12.5 Å². The van der Waals surface area contributed by atoms with Gasteiger partial charge in [0.05, 0.1) is 0 Å². The quantitative estimate of drug-likeness (QED) is 0.827. The highest BCUT2D eigenvalue weighted by molar-refractivity contribution is 14.1. The molecular weight excluding hydrogens is 279 g/mol. The Balaban J connectivity index is 2.45. The number of amides is 1. The molecule has 0 saturated heterocycles. The number of benzene rings is 1. The van der Waals surface area contributed by atoms with E-state index >= 15 is 0 Å². The van der Waals surface area contributed by atoms with Crippen molar-refractivity contribution in [2.75, 3.05) is 11.9 Å². The second-order valence-corrected chi connectivity index (χ2v) is 3.79. The first-order chi connectivity index (χ1) is 6.20. The van der Waals surface area contributed by atoms with Crippen LogP contribution in [0.2, 0.25) is 0 Å². The average molecular weight is 290 g/mol. The number of hydrogen-bond acceptors (Lipinski definition) is 2. The zero-order chi connectivity index (χ0) is 9.68. The van der Waals surface area contributed by atoms with Crippen LogP contribution in [0.1, 0.15) is 6.42 Å². The highest BCUT2D eigenvalue weighted by atomic mass is 127. The van der Waals surface area contributed by atoms with Gasteiger partial charge in [-0.1, -0.05) is 12.1 Å². The molecule has 0 atom stereocenters. The molecule has 1 rings (SSSR count). The molecule has 0 spiro atoms. The number of nitrogens with two attached hydrogens (primary N) is 1. The van der Waals surface area contributed by atoms with Crippen molar-refractivity contribution in [3.63, 3.8) is 0 Å². The molecule has 3 N–H and O–H groups in total. The third-order valence-corrected chi connectivity index (χ3v) is 2.50. The maximum atomic E-state index is 10.5. The van der Waals surface area contributed by atoms with Crippen molar-refractivity contribution in [3.8, 4) is 0 Å². The van der Waals surface area contributed by atoms with Crippen LogP contribution in [-0.2, 0) is 4.79 Å². The van der Waals surface area contributed by atoms with Crippen LogP contribution in [0.5, 0.6) is 0 Å². The summed E-state index contributed by atoms with van der Waals surface area (Å²) in [6.45, 7) is 0.593. The summed E-state index contributed by atoms with van der Waals surface area (Å²) < 4.78 is 1.14. The Kier molecular flexibility index (Phi) is 4.01. The Morgan fingerprint density at radius 3 is 2.77 bits per heavy atom. The third-order valence-electron chi connectivity index (χ3n) is 1.56. The van der Waals surface area contributed by atoms with Crippen molar-refractivity contribution < 1.29 is 4.79 Å². The molecule has 0 aliphatic heterocycles. The molecule has 4 heteroatoms. The zero-order valence-electron chi connectivity index (χ0n) is 7.09. The lowest BCUT2D eigenvalue weighted by molar-refractivity contribution is -0.117. The van der Waals surface area contributed by atoms with Crippen molar-refractivity contribution in [3.05, 3.63) is 27.8 Å². The number of carbonyl (C=O) groups is 1. The molecule has 0 bridgehead atoms. The van der Waals surface area contributed by atoms with Crippen molar-refractivity contribution in [1.82, 2.24) is 0 Å². The van der Waals surface area contributed by atoms with Crippen LogP contribution in [0.4, 0.5) is 5.69 Å². The number of para-hydroxylation sites is 1. The fraction of sp³-hybridized carbons (Fsp3) is 0.222. The molecule has 0 heterocycles. The Morgan fingerprint density at radius 2 is 2.15 bits per heavy atom. The number of anilines is 1. The molecule has 1 aromatic rings. The molecule has 1 aromatic carbocycles. The maximum Gasteiger partial charge on any atom is 0.219 e. The van der Waals surface area contributed by atoms with Gasteiger partial charge in [-0.05, 0) is 34.7 Å². The van der Waals surface area contributed by atoms with E-state index in [1.807, 2.05) is 24.3 Å². The standard InChI is InChI=1S/C9H11IN2O/c10-7-3-1-2-4-8(7)12-6-5-9(11)13/h1-4,12H,5-6H2,(H2,11,13). The predicted octanol–water partition coefficient (Wildman–Crippen LogP) is 1.58. The molecule has 70 valence electrons. The van der Waals surface area contributed by atoms with Crippen LogP contribution < -0.4 is 11.1 Å². The lowest BCUT2D eigenvalue weighted by Gasteiger charge is -2.06. The van der Waals surface area contributed by atoms with Gasteiger partial charge in [0.1, 0.15) is 0 Å². The zero-order valence-corrected chi connectivity index (χ0v) is 9.24. The van der Waals surface area contributed by atoms with Crippen LogP contribution >= 0.6 is 22.6 Å². The van der Waals surface area contributed by atoms with E-state index in [4.69, 9.17) is 5.73 Å². The summed E-state index contributed by atoms with van der Waals surface area (Å²) in [6.07, 6.45) is 0.366. The van der Waals surface area contributed by atoms with Crippen molar-refractivity contribution >= 4 is 34.2 Å². The number of halogens is 1. The summed E-state index contributed by atoms with van der Waals surface area (Å²) in [5.41, 5.74) is 6.06. The van der Waals surface area contributed by atoms with Crippen LogP contribution in [0.15, 0.2) is 24.3 Å². The fourth-order valence-corrected chi connectivity index (χ4v) is 1.50. The third kappa shape index (κ3) is 3.63. The summed E-state index contributed by atoms with van der Waals surface area (Å²) in [5, 5.41) is 3.14. The molecule has 3 nitrogen and oxygen atoms in total. The van der Waals surface area contributed by atoms with E-state index in [0.29, 0.717) is 13.0 Å². The van der Waals surface area contributed by atoms with Crippen molar-refractivity contribution in [2.24, 2.45) is 5.73 Å². The lowest BCUT2D eigenvalue weighted by atomic mass is 10.3. The smallest absolute Gasteiger partial charge is 0.219 e. The molecular formula is C9H11IN2O. The second-order valence-electron chi connectivity index (χ2n) is 2.62. The van der Waals surface area contributed by atoms with Gasteiger partial charge in [-0.3, -0.25) is 4.79 Å². The van der Waals surface area contributed by atoms with Gasteiger partial charge in [-0.2, -0.15) is 0 Å². The maximum absolute atomic E-state index is 10.5. The molecule has 0 unspecified atom stereocenters. The minimum atomic E-state index is -0.279. The molecule has 0 aliphatic rings. The van der Waals surface area contributed by atoms with E-state index in [2.05, 4.69) is 27.9 Å². The highest BCUT2D eigenvalue weighted by Crippen LogP contribution is 2.16. The van der Waals surface area contributed by atoms with Gasteiger partial charge in [-0.15, -0.1) is 0 Å². The van der Waals surface area contributed by atoms with E-state index < -0.39 is 0 Å². The molecule has 0 radical (unpaired) electrons. The SMILES string of the molecule is NC(=O)CCNc1ccccc1I. The van der Waals surface area contributed by atoms with Gasteiger partial charge >= 0.3 is 0 Å². The molecule has 0 fully saturated rings. The van der Waals surface area contributed by atoms with Crippen LogP contribution in [0.25, 0.3) is 0 Å². The topological polar surface area (TPSA) is 55.1 Å². The fourth-order valence-electron chi connectivity index (χ4n) is 0.925. The van der Waals surface area contributed by atoms with Gasteiger partial charge in [0, 0.05) is 22.2 Å². The molecule has 0 aliphatic carbocycles. The number of rotatable bonds is 4. The molecule has 1 amide bonds. The van der Waals surface area contributed by atoms with E-state index in [1.165, 1.54) is 0 Å². The van der Waals surface area contributed by atoms with Crippen LogP contribution in [0, 0.1) is 3.57 Å². The largest absolute Gasteiger partial charge is 0.384 e. The Morgan fingerprint density at radius 1 is 1.46 bits per heavy atom. The number of nitrogens with one attached hydrogen (secondary N) is 1. The highest BCUT2D eigenvalue weighted by Gasteiger charge is 1.97. The minimum absolute atomic E-state index is 0.279. The molecule has 0 aromatic heterocycles. The van der Waals surface area contributed by atoms with E-state index in [-0.39, 0.29) is 5.91 Å². The van der Waals surface area contributed by atoms with E-state index in [0.717, 1.165) is 9.26 Å². The number of primary amides is 1. The summed E-state index contributed by atoms with van der Waals surface area (Å²) in [5.74, 6) is -0.279. The first kappa shape index (κ1) is 10.3. The average Bonchev–Trinajstić information content (AvgIpc) is 2.08. The summed E-state index contributed by atoms with van der Waals surface area (Å²) in [7, 11) is 0. The minimum Gasteiger partial charge on any atom is -0.384 e. The van der Waals surface area contributed by atoms with E-state index in [9.17, 15) is 4.79 Å². The lowest BCUT2D eigenvalue weighted by Crippen LogP contribution is -2.16. The van der Waals surface area contributed by atoms with E-state index in [1.54, 1.807) is 0 Å². The van der Waals surface area contributed by atoms with Crippen molar-refractivity contribution in [2.45, 2.75) is 6.42 Å². The van der Waals surface area contributed by atoms with Crippen LogP contribution in [0.3, 0.4) is 0 Å². The molecule has 0 saturated carbocycles. The first-order valence-corrected chi connectivity index (χ1v) is 5.04. The predicted molar refractivity (Wildman–Crippen MR) is 61.5 cm³/mol. The van der Waals surface area contributed by atoms with Gasteiger partial charge < -0.3 is 11.1 Å². The van der Waals surface area contributed by atoms with Gasteiger partial charge in [-0.25, -0.2) is 0 Å². The number of hydrogen-bond donors (Lipinski definition) is 2. The first-order valence-electron chi connectivity index (χ1n) is 3.97. The Labute approximate surface area is 90.8 Å². The second kappa shape index (κ2) is 5.06. The van der Waals surface area contributed by atoms with Gasteiger partial charge in [0.25, 0.3) is 0 Å². The normalized spacial score (nSPS) is 9.62. The summed E-state index contributed by atoms with van der Waals surface area (Å²) in [6, 6.07) is 7.91. The van der Waals surface area contributed by atoms with Crippen molar-refractivity contribution in [1.29, 1.82) is 0 Å². The molecule has 13 heavy (non-hydrogen) atoms. The van der Waals surface area contributed by atoms with Gasteiger partial charge in [0.15, 0.2) is 0 Å². The Bertz CT molecular complexity index is 301. The summed E-state index contributed by atoms with van der Waals surface area (Å²) in [4.78, 5) is 10.5. The number of carbonyl (C=O) groups excluding carboxylic acids is 1. The summed E-state index contributed by atoms with van der Waals surface area (Å²) >= 11 is 2.24.